The maximum Gasteiger partial charge on any atom is 0.344 e. The Balaban J connectivity index is 1.58. The largest absolute Gasteiger partial charge is 0.493 e. The predicted molar refractivity (Wildman–Crippen MR) is 143 cm³/mol. The third-order valence-electron chi connectivity index (χ3n) is 5.00. The molecule has 0 atom stereocenters. The summed E-state index contributed by atoms with van der Waals surface area (Å²) < 4.78 is 12.1. The van der Waals surface area contributed by atoms with Crippen LogP contribution in [0.4, 0.5) is 4.79 Å². The summed E-state index contributed by atoms with van der Waals surface area (Å²) in [5, 5.41) is 0.100. The molecule has 3 aromatic carbocycles. The standard InChI is InChI=1S/C25H16Br2ClNO5S/c1-33-20-11-14(10-18(27)22(20)34-24(31)16-7-3-4-8-17(16)26)12-21-23(30)29(25(32)35-21)13-15-6-2-5-9-19(15)28/h2-12H,13H2,1H3/b21-12-. The van der Waals surface area contributed by atoms with Gasteiger partial charge in [0.15, 0.2) is 11.5 Å². The molecule has 1 saturated heterocycles. The number of benzene rings is 3. The molecule has 0 aromatic heterocycles. The average Bonchev–Trinajstić information content (AvgIpc) is 3.09. The lowest BCUT2D eigenvalue weighted by Crippen LogP contribution is -2.27. The Bertz CT molecular complexity index is 1380. The highest BCUT2D eigenvalue weighted by Crippen LogP contribution is 2.40. The molecule has 4 rings (SSSR count). The lowest BCUT2D eigenvalue weighted by Gasteiger charge is -2.14. The summed E-state index contributed by atoms with van der Waals surface area (Å²) in [6.45, 7) is 0.0820. The number of thioether (sulfide) groups is 1. The average molecular weight is 638 g/mol. The van der Waals surface area contributed by atoms with Crippen molar-refractivity contribution >= 4 is 78.4 Å². The number of amides is 2. The SMILES string of the molecule is COc1cc(/C=C2\SC(=O)N(Cc3ccccc3Cl)C2=O)cc(Br)c1OC(=O)c1ccccc1Br. The van der Waals surface area contributed by atoms with Gasteiger partial charge in [-0.25, -0.2) is 4.79 Å². The van der Waals surface area contributed by atoms with E-state index in [0.29, 0.717) is 30.7 Å². The van der Waals surface area contributed by atoms with Gasteiger partial charge in [0.25, 0.3) is 11.1 Å². The fourth-order valence-electron chi connectivity index (χ4n) is 3.28. The summed E-state index contributed by atoms with van der Waals surface area (Å²) >= 11 is 13.8. The second-order valence-electron chi connectivity index (χ2n) is 7.26. The zero-order valence-electron chi connectivity index (χ0n) is 18.1. The molecular weight excluding hydrogens is 622 g/mol. The van der Waals surface area contributed by atoms with E-state index >= 15 is 0 Å². The van der Waals surface area contributed by atoms with E-state index in [1.54, 1.807) is 66.7 Å². The van der Waals surface area contributed by atoms with Gasteiger partial charge < -0.3 is 9.47 Å². The molecule has 2 amide bonds. The zero-order chi connectivity index (χ0) is 25.1. The van der Waals surface area contributed by atoms with Crippen molar-refractivity contribution in [2.24, 2.45) is 0 Å². The molecule has 1 fully saturated rings. The van der Waals surface area contributed by atoms with Crippen LogP contribution in [0, 0.1) is 0 Å². The lowest BCUT2D eigenvalue weighted by atomic mass is 10.1. The molecule has 1 heterocycles. The summed E-state index contributed by atoms with van der Waals surface area (Å²) in [7, 11) is 1.44. The number of halogens is 3. The van der Waals surface area contributed by atoms with Crippen LogP contribution in [0.15, 0.2) is 74.5 Å². The van der Waals surface area contributed by atoms with Crippen LogP contribution in [0.5, 0.6) is 11.5 Å². The monoisotopic (exact) mass is 635 g/mol. The van der Waals surface area contributed by atoms with Crippen molar-refractivity contribution < 1.29 is 23.9 Å². The van der Waals surface area contributed by atoms with Gasteiger partial charge in [-0.3, -0.25) is 14.5 Å². The summed E-state index contributed by atoms with van der Waals surface area (Å²) in [5.41, 5.74) is 1.62. The first-order chi connectivity index (χ1) is 16.8. The van der Waals surface area contributed by atoms with Gasteiger partial charge in [0.1, 0.15) is 0 Å². The Morgan fingerprint density at radius 2 is 1.77 bits per heavy atom. The van der Waals surface area contributed by atoms with Crippen LogP contribution in [-0.2, 0) is 11.3 Å². The van der Waals surface area contributed by atoms with E-state index in [0.717, 1.165) is 16.7 Å². The molecule has 3 aromatic rings. The number of esters is 1. The van der Waals surface area contributed by atoms with Crippen LogP contribution >= 0.6 is 55.2 Å². The van der Waals surface area contributed by atoms with Crippen LogP contribution in [0.3, 0.4) is 0 Å². The van der Waals surface area contributed by atoms with E-state index in [9.17, 15) is 14.4 Å². The smallest absolute Gasteiger partial charge is 0.344 e. The summed E-state index contributed by atoms with van der Waals surface area (Å²) in [4.78, 5) is 39.5. The number of carbonyl (C=O) groups excluding carboxylic acids is 3. The van der Waals surface area contributed by atoms with Crippen LogP contribution in [0.2, 0.25) is 5.02 Å². The molecule has 0 N–H and O–H groups in total. The molecule has 178 valence electrons. The topological polar surface area (TPSA) is 72.9 Å². The van der Waals surface area contributed by atoms with E-state index in [1.165, 1.54) is 7.11 Å². The predicted octanol–water partition coefficient (Wildman–Crippen LogP) is 7.33. The van der Waals surface area contributed by atoms with E-state index in [-0.39, 0.29) is 28.2 Å². The minimum absolute atomic E-state index is 0.0820. The van der Waals surface area contributed by atoms with Crippen molar-refractivity contribution in [3.63, 3.8) is 0 Å². The van der Waals surface area contributed by atoms with Crippen LogP contribution in [-0.4, -0.2) is 29.1 Å². The number of rotatable bonds is 6. The minimum Gasteiger partial charge on any atom is -0.493 e. The van der Waals surface area contributed by atoms with Crippen molar-refractivity contribution in [2.75, 3.05) is 7.11 Å². The molecule has 0 saturated carbocycles. The van der Waals surface area contributed by atoms with Crippen LogP contribution in [0.1, 0.15) is 21.5 Å². The molecule has 0 aliphatic carbocycles. The third-order valence-corrected chi connectivity index (χ3v) is 7.55. The fourth-order valence-corrected chi connectivity index (χ4v) is 5.30. The Labute approximate surface area is 227 Å². The Morgan fingerprint density at radius 1 is 1.06 bits per heavy atom. The number of hydrogen-bond donors (Lipinski definition) is 0. The van der Waals surface area contributed by atoms with Crippen molar-refractivity contribution in [2.45, 2.75) is 6.54 Å². The number of ether oxygens (including phenoxy) is 2. The number of methoxy groups -OCH3 is 1. The Morgan fingerprint density at radius 3 is 2.49 bits per heavy atom. The van der Waals surface area contributed by atoms with Gasteiger partial charge in [0.05, 0.1) is 28.6 Å². The molecule has 1 aliphatic heterocycles. The molecule has 35 heavy (non-hydrogen) atoms. The van der Waals surface area contributed by atoms with Gasteiger partial charge in [0.2, 0.25) is 0 Å². The van der Waals surface area contributed by atoms with Gasteiger partial charge in [0, 0.05) is 9.50 Å². The van der Waals surface area contributed by atoms with Gasteiger partial charge in [-0.05, 0) is 91.2 Å². The molecule has 1 aliphatic rings. The molecular formula is C25H16Br2ClNO5S. The van der Waals surface area contributed by atoms with Gasteiger partial charge >= 0.3 is 5.97 Å². The van der Waals surface area contributed by atoms with Crippen LogP contribution < -0.4 is 9.47 Å². The van der Waals surface area contributed by atoms with Gasteiger partial charge in [-0.1, -0.05) is 41.9 Å². The second-order valence-corrected chi connectivity index (χ2v) is 10.4. The van der Waals surface area contributed by atoms with E-state index < -0.39 is 11.9 Å². The molecule has 10 heteroatoms. The fraction of sp³-hybridized carbons (Fsp3) is 0.0800. The van der Waals surface area contributed by atoms with Gasteiger partial charge in [-0.15, -0.1) is 0 Å². The van der Waals surface area contributed by atoms with Crippen molar-refractivity contribution in [1.29, 1.82) is 0 Å². The van der Waals surface area contributed by atoms with E-state index in [4.69, 9.17) is 21.1 Å². The van der Waals surface area contributed by atoms with Crippen molar-refractivity contribution in [1.82, 2.24) is 4.90 Å². The number of nitrogens with zero attached hydrogens (tertiary/aromatic N) is 1. The number of hydrogen-bond acceptors (Lipinski definition) is 6. The zero-order valence-corrected chi connectivity index (χ0v) is 22.8. The Kier molecular flexibility index (Phi) is 8.01. The van der Waals surface area contributed by atoms with Gasteiger partial charge in [-0.2, -0.15) is 0 Å². The first kappa shape index (κ1) is 25.5. The third kappa shape index (κ3) is 5.64. The maximum absolute atomic E-state index is 12.9. The summed E-state index contributed by atoms with van der Waals surface area (Å²) in [5.74, 6) is -0.511. The molecule has 0 spiro atoms. The normalized spacial score (nSPS) is 14.5. The van der Waals surface area contributed by atoms with Crippen molar-refractivity contribution in [3.05, 3.63) is 96.2 Å². The number of carbonyl (C=O) groups is 3. The molecule has 6 nitrogen and oxygen atoms in total. The maximum atomic E-state index is 12.9. The highest BCUT2D eigenvalue weighted by molar-refractivity contribution is 9.10. The lowest BCUT2D eigenvalue weighted by molar-refractivity contribution is -0.123. The van der Waals surface area contributed by atoms with Crippen LogP contribution in [0.25, 0.3) is 6.08 Å². The molecule has 0 bridgehead atoms. The highest BCUT2D eigenvalue weighted by atomic mass is 79.9. The summed E-state index contributed by atoms with van der Waals surface area (Å²) in [6.07, 6.45) is 1.59. The molecule has 0 radical (unpaired) electrons. The van der Waals surface area contributed by atoms with E-state index in [1.807, 2.05) is 0 Å². The first-order valence-electron chi connectivity index (χ1n) is 10.1. The van der Waals surface area contributed by atoms with E-state index in [2.05, 4.69) is 31.9 Å². The highest BCUT2D eigenvalue weighted by Gasteiger charge is 2.35. The first-order valence-corrected chi connectivity index (χ1v) is 12.9. The summed E-state index contributed by atoms with van der Waals surface area (Å²) in [6, 6.07) is 17.3. The minimum atomic E-state index is -0.565. The molecule has 0 unspecified atom stereocenters. The quantitative estimate of drug-likeness (QED) is 0.160. The second kappa shape index (κ2) is 11.0. The Hall–Kier alpha value is -2.59. The number of imide groups is 1. The van der Waals surface area contributed by atoms with Crippen molar-refractivity contribution in [3.8, 4) is 11.5 Å².